The van der Waals surface area contributed by atoms with Crippen molar-refractivity contribution in [1.82, 2.24) is 0 Å². The first-order valence-corrected chi connectivity index (χ1v) is 7.61. The Morgan fingerprint density at radius 3 is 2.00 bits per heavy atom. The number of hydrogen-bond acceptors (Lipinski definition) is 1. The van der Waals surface area contributed by atoms with Gasteiger partial charge in [0.1, 0.15) is 0 Å². The molecule has 2 aliphatic rings. The first-order valence-electron chi connectivity index (χ1n) is 5.30. The maximum absolute atomic E-state index is 5.94. The average molecular weight is 187 g/mol. The Kier molecular flexibility index (Phi) is 2.66. The van der Waals surface area contributed by atoms with E-state index in [0.717, 1.165) is 0 Å². The van der Waals surface area contributed by atoms with Gasteiger partial charge < -0.3 is 5.73 Å². The van der Waals surface area contributed by atoms with Gasteiger partial charge in [-0.05, 0) is 48.7 Å². The molecule has 1 spiro atoms. The van der Waals surface area contributed by atoms with Crippen LogP contribution >= 0.6 is 10.0 Å². The fourth-order valence-electron chi connectivity index (χ4n) is 2.55. The summed E-state index contributed by atoms with van der Waals surface area (Å²) in [4.78, 5) is 0. The molecular weight excluding hydrogens is 166 g/mol. The van der Waals surface area contributed by atoms with Crippen LogP contribution in [0.15, 0.2) is 0 Å². The van der Waals surface area contributed by atoms with E-state index < -0.39 is 0 Å². The zero-order valence-electron chi connectivity index (χ0n) is 7.93. The highest BCUT2D eigenvalue weighted by Crippen LogP contribution is 2.55. The van der Waals surface area contributed by atoms with Gasteiger partial charge in [0, 0.05) is 6.04 Å². The van der Waals surface area contributed by atoms with E-state index in [2.05, 4.69) is 0 Å². The van der Waals surface area contributed by atoms with E-state index in [1.54, 1.807) is 11.5 Å². The van der Waals surface area contributed by atoms with Crippen molar-refractivity contribution in [1.29, 1.82) is 0 Å². The molecule has 2 heteroatoms. The second kappa shape index (κ2) is 3.59. The van der Waals surface area contributed by atoms with Crippen molar-refractivity contribution in [2.24, 2.45) is 5.73 Å². The zero-order chi connectivity index (χ0) is 8.44. The van der Waals surface area contributed by atoms with Crippen molar-refractivity contribution in [3.05, 3.63) is 0 Å². The fraction of sp³-hybridized carbons (Fsp3) is 1.00. The van der Waals surface area contributed by atoms with Crippen LogP contribution < -0.4 is 5.73 Å². The standard InChI is InChI=1S/C10H21NS/c11-10-4-8-12(9-5-10)6-2-1-3-7-12/h10H,1-9,11H2. The van der Waals surface area contributed by atoms with Crippen LogP contribution in [-0.2, 0) is 0 Å². The van der Waals surface area contributed by atoms with Crippen LogP contribution in [0.3, 0.4) is 0 Å². The average Bonchev–Trinajstić information content (AvgIpc) is 2.13. The Balaban J connectivity index is 1.92. The Labute approximate surface area is 77.4 Å². The summed E-state index contributed by atoms with van der Waals surface area (Å²) in [5.74, 6) is 6.18. The molecule has 2 aliphatic heterocycles. The van der Waals surface area contributed by atoms with Gasteiger partial charge in [-0.3, -0.25) is 0 Å². The molecule has 2 rings (SSSR count). The molecule has 12 heavy (non-hydrogen) atoms. The molecule has 1 nitrogen and oxygen atoms in total. The van der Waals surface area contributed by atoms with Crippen molar-refractivity contribution in [2.75, 3.05) is 23.0 Å². The molecule has 2 N–H and O–H groups in total. The van der Waals surface area contributed by atoms with Crippen molar-refractivity contribution >= 4 is 10.0 Å². The largest absolute Gasteiger partial charge is 0.328 e. The highest BCUT2D eigenvalue weighted by atomic mass is 32.3. The van der Waals surface area contributed by atoms with E-state index in [1.165, 1.54) is 43.6 Å². The van der Waals surface area contributed by atoms with Gasteiger partial charge in [0.15, 0.2) is 0 Å². The van der Waals surface area contributed by atoms with Gasteiger partial charge in [-0.2, -0.15) is 0 Å². The number of hydrogen-bond donors (Lipinski definition) is 1. The normalized spacial score (nSPS) is 33.4. The second-order valence-electron chi connectivity index (χ2n) is 4.44. The van der Waals surface area contributed by atoms with Crippen molar-refractivity contribution in [3.8, 4) is 0 Å². The van der Waals surface area contributed by atoms with Gasteiger partial charge in [-0.1, -0.05) is 6.42 Å². The first-order chi connectivity index (χ1) is 5.81. The fourth-order valence-corrected chi connectivity index (χ4v) is 7.02. The SMILES string of the molecule is NC1CCS2(CCCCC2)CC1. The van der Waals surface area contributed by atoms with Gasteiger partial charge in [0.2, 0.25) is 0 Å². The molecular formula is C10H21NS. The van der Waals surface area contributed by atoms with E-state index in [9.17, 15) is 0 Å². The Morgan fingerprint density at radius 2 is 1.42 bits per heavy atom. The highest BCUT2D eigenvalue weighted by Gasteiger charge is 2.30. The summed E-state index contributed by atoms with van der Waals surface area (Å²) in [6, 6.07) is 0.546. The summed E-state index contributed by atoms with van der Waals surface area (Å²) < 4.78 is 0. The molecule has 0 saturated carbocycles. The van der Waals surface area contributed by atoms with Crippen LogP contribution in [-0.4, -0.2) is 29.1 Å². The van der Waals surface area contributed by atoms with Crippen LogP contribution in [0.4, 0.5) is 0 Å². The van der Waals surface area contributed by atoms with Gasteiger partial charge >= 0.3 is 0 Å². The number of nitrogens with two attached hydrogens (primary N) is 1. The molecule has 0 aromatic carbocycles. The van der Waals surface area contributed by atoms with E-state index in [1.807, 2.05) is 0 Å². The highest BCUT2D eigenvalue weighted by molar-refractivity contribution is 8.33. The molecule has 0 unspecified atom stereocenters. The molecule has 2 saturated heterocycles. The zero-order valence-corrected chi connectivity index (χ0v) is 8.74. The molecule has 72 valence electrons. The third-order valence-corrected chi connectivity index (χ3v) is 8.01. The van der Waals surface area contributed by atoms with Gasteiger partial charge in [-0.15, -0.1) is 0 Å². The van der Waals surface area contributed by atoms with E-state index in [0.29, 0.717) is 6.04 Å². The van der Waals surface area contributed by atoms with E-state index >= 15 is 0 Å². The van der Waals surface area contributed by atoms with E-state index in [4.69, 9.17) is 5.73 Å². The molecule has 0 aromatic rings. The predicted octanol–water partition coefficient (Wildman–Crippen LogP) is 2.10. The summed E-state index contributed by atoms with van der Waals surface area (Å²) in [7, 11) is -0.112. The van der Waals surface area contributed by atoms with Crippen LogP contribution in [0.5, 0.6) is 0 Å². The third kappa shape index (κ3) is 1.80. The van der Waals surface area contributed by atoms with Crippen LogP contribution in [0, 0.1) is 0 Å². The van der Waals surface area contributed by atoms with Crippen LogP contribution in [0.2, 0.25) is 0 Å². The summed E-state index contributed by atoms with van der Waals surface area (Å²) >= 11 is 0. The Bertz CT molecular complexity index is 142. The third-order valence-electron chi connectivity index (χ3n) is 3.50. The second-order valence-corrected chi connectivity index (χ2v) is 8.52. The van der Waals surface area contributed by atoms with Crippen molar-refractivity contribution in [3.63, 3.8) is 0 Å². The molecule has 0 bridgehead atoms. The minimum atomic E-state index is -0.112. The van der Waals surface area contributed by atoms with Crippen LogP contribution in [0.1, 0.15) is 32.1 Å². The molecule has 0 aliphatic carbocycles. The Hall–Kier alpha value is 0.310. The minimum Gasteiger partial charge on any atom is -0.328 e. The van der Waals surface area contributed by atoms with E-state index in [-0.39, 0.29) is 10.0 Å². The molecule has 0 atom stereocenters. The maximum Gasteiger partial charge on any atom is 0.00534 e. The molecule has 2 heterocycles. The first kappa shape index (κ1) is 8.89. The molecule has 2 fully saturated rings. The summed E-state index contributed by atoms with van der Waals surface area (Å²) in [5, 5.41) is 0. The topological polar surface area (TPSA) is 26.0 Å². The lowest BCUT2D eigenvalue weighted by Gasteiger charge is -2.47. The predicted molar refractivity (Wildman–Crippen MR) is 58.1 cm³/mol. The molecule has 0 amide bonds. The lowest BCUT2D eigenvalue weighted by molar-refractivity contribution is 0.610. The minimum absolute atomic E-state index is 0.112. The van der Waals surface area contributed by atoms with Crippen molar-refractivity contribution in [2.45, 2.75) is 38.1 Å². The number of rotatable bonds is 0. The van der Waals surface area contributed by atoms with Crippen molar-refractivity contribution < 1.29 is 0 Å². The quantitative estimate of drug-likeness (QED) is 0.617. The smallest absolute Gasteiger partial charge is 0.00534 e. The van der Waals surface area contributed by atoms with Crippen LogP contribution in [0.25, 0.3) is 0 Å². The summed E-state index contributed by atoms with van der Waals surface area (Å²) in [6.07, 6.45) is 7.20. The lowest BCUT2D eigenvalue weighted by Crippen LogP contribution is -2.34. The molecule has 0 aromatic heterocycles. The maximum atomic E-state index is 5.94. The Morgan fingerprint density at radius 1 is 0.833 bits per heavy atom. The molecule has 0 radical (unpaired) electrons. The summed E-state index contributed by atoms with van der Waals surface area (Å²) in [6.45, 7) is 0. The van der Waals surface area contributed by atoms with Gasteiger partial charge in [0.05, 0.1) is 0 Å². The monoisotopic (exact) mass is 187 g/mol. The van der Waals surface area contributed by atoms with Gasteiger partial charge in [0.25, 0.3) is 0 Å². The van der Waals surface area contributed by atoms with Gasteiger partial charge in [-0.25, -0.2) is 10.0 Å². The summed E-state index contributed by atoms with van der Waals surface area (Å²) in [5.41, 5.74) is 5.94. The lowest BCUT2D eigenvalue weighted by atomic mass is 10.2.